The quantitative estimate of drug-likeness (QED) is 0.476. The van der Waals surface area contributed by atoms with E-state index < -0.39 is 11.2 Å². The van der Waals surface area contributed by atoms with E-state index in [-0.39, 0.29) is 17.8 Å². The van der Waals surface area contributed by atoms with Gasteiger partial charge in [0.2, 0.25) is 5.91 Å². The molecule has 2 heterocycles. The highest BCUT2D eigenvalue weighted by Gasteiger charge is 2.32. The molecule has 1 saturated carbocycles. The fraction of sp³-hybridized carbons (Fsp3) is 0.613. The highest BCUT2D eigenvalue weighted by Crippen LogP contribution is 2.31. The van der Waals surface area contributed by atoms with Crippen molar-refractivity contribution >= 4 is 17.8 Å². The van der Waals surface area contributed by atoms with E-state index in [1.54, 1.807) is 35.9 Å². The molecule has 11 heteroatoms. The minimum atomic E-state index is -0.945. The van der Waals surface area contributed by atoms with E-state index in [2.05, 4.69) is 34.3 Å². The van der Waals surface area contributed by atoms with Gasteiger partial charge >= 0.3 is 11.7 Å². The number of fused-ring (bicyclic) bond motifs is 1. The number of aromatic nitrogens is 2. The zero-order valence-corrected chi connectivity index (χ0v) is 25.2. The average Bonchev–Trinajstić information content (AvgIpc) is 2.97. The molecule has 3 aliphatic rings. The van der Waals surface area contributed by atoms with E-state index in [4.69, 9.17) is 11.5 Å². The maximum atomic E-state index is 13.0. The number of anilines is 1. The van der Waals surface area contributed by atoms with Crippen LogP contribution in [0.1, 0.15) is 64.0 Å². The first-order chi connectivity index (χ1) is 20.0. The van der Waals surface area contributed by atoms with E-state index in [0.717, 1.165) is 44.3 Å². The van der Waals surface area contributed by atoms with Gasteiger partial charge in [0.15, 0.2) is 0 Å². The third-order valence-electron chi connectivity index (χ3n) is 9.16. The van der Waals surface area contributed by atoms with Crippen LogP contribution in [0.15, 0.2) is 35.3 Å². The second-order valence-electron chi connectivity index (χ2n) is 12.6. The van der Waals surface area contributed by atoms with Crippen LogP contribution >= 0.6 is 0 Å². The van der Waals surface area contributed by atoms with E-state index in [1.807, 2.05) is 6.07 Å². The minimum Gasteiger partial charge on any atom is -0.338 e. The van der Waals surface area contributed by atoms with Crippen molar-refractivity contribution in [3.05, 3.63) is 52.1 Å². The number of carbonyl (C=O) groups excluding carboxylic acids is 2. The topological polar surface area (TPSA) is 143 Å². The molecule has 0 spiro atoms. The number of carbonyl (C=O) groups is 2. The van der Waals surface area contributed by atoms with Crippen molar-refractivity contribution in [1.82, 2.24) is 24.3 Å². The lowest BCUT2D eigenvalue weighted by molar-refractivity contribution is -0.137. The summed E-state index contributed by atoms with van der Waals surface area (Å²) in [7, 11) is 0. The summed E-state index contributed by atoms with van der Waals surface area (Å²) < 4.78 is 1.52. The summed E-state index contributed by atoms with van der Waals surface area (Å²) in [6, 6.07) is 9.06. The summed E-state index contributed by atoms with van der Waals surface area (Å²) in [6.45, 7) is 8.26. The molecular weight excluding hydrogens is 532 g/mol. The monoisotopic (exact) mass is 578 g/mol. The number of hydrogen-bond acceptors (Lipinski definition) is 7. The first-order valence-electron chi connectivity index (χ1n) is 15.4. The molecule has 0 bridgehead atoms. The molecule has 3 amide bonds. The molecular formula is C31H46N8O3. The maximum absolute atomic E-state index is 13.0. The van der Waals surface area contributed by atoms with E-state index in [0.29, 0.717) is 44.3 Å². The zero-order valence-electron chi connectivity index (χ0n) is 25.2. The second kappa shape index (κ2) is 12.5. The minimum absolute atomic E-state index is 0.136. The van der Waals surface area contributed by atoms with Crippen LogP contribution in [0.4, 0.5) is 10.6 Å². The standard InChI is InChI=1S/C31H46N8O3/c1-4-38(24-11-7-23(32)8-12-24)25-9-5-22-20-26(10-6-21(22)19-25)39-14-13-27(35-30(39)42)34-29(41)37-17-15-36(16-18-37)28(40)31(2,3)33/h6,10,13-14,20,23-25H,4-5,7-9,11-12,15-19,32-33H2,1-3H3,(H,34,35,41,42)/t23-,24-,25?. The number of nitrogens with zero attached hydrogens (tertiary/aromatic N) is 5. The fourth-order valence-corrected chi connectivity index (χ4v) is 6.78. The highest BCUT2D eigenvalue weighted by atomic mass is 16.2. The van der Waals surface area contributed by atoms with Crippen LogP contribution in [0.2, 0.25) is 0 Å². The van der Waals surface area contributed by atoms with E-state index >= 15 is 0 Å². The molecule has 2 aliphatic carbocycles. The third-order valence-corrected chi connectivity index (χ3v) is 9.16. The number of rotatable bonds is 6. The summed E-state index contributed by atoms with van der Waals surface area (Å²) >= 11 is 0. The first kappa shape index (κ1) is 30.2. The summed E-state index contributed by atoms with van der Waals surface area (Å²) in [5.74, 6) is 0.0646. The van der Waals surface area contributed by atoms with Gasteiger partial charge in [0.05, 0.1) is 11.2 Å². The maximum Gasteiger partial charge on any atom is 0.354 e. The molecule has 5 N–H and O–H groups in total. The zero-order chi connectivity index (χ0) is 30.0. The van der Waals surface area contributed by atoms with Gasteiger partial charge in [-0.05, 0) is 94.7 Å². The van der Waals surface area contributed by atoms with Crippen molar-refractivity contribution in [3.63, 3.8) is 0 Å². The normalized spacial score (nSPS) is 23.0. The van der Waals surface area contributed by atoms with Crippen molar-refractivity contribution in [2.45, 2.75) is 89.4 Å². The number of hydrogen-bond donors (Lipinski definition) is 3. The fourth-order valence-electron chi connectivity index (χ4n) is 6.78. The van der Waals surface area contributed by atoms with Gasteiger partial charge in [-0.15, -0.1) is 0 Å². The van der Waals surface area contributed by atoms with Crippen molar-refractivity contribution in [1.29, 1.82) is 0 Å². The number of urea groups is 1. The largest absolute Gasteiger partial charge is 0.354 e. The molecule has 2 aromatic rings. The first-order valence-corrected chi connectivity index (χ1v) is 15.4. The number of benzene rings is 1. The Labute approximate surface area is 248 Å². The number of aryl methyl sites for hydroxylation is 1. The van der Waals surface area contributed by atoms with Gasteiger partial charge in [-0.3, -0.25) is 19.6 Å². The molecule has 1 unspecified atom stereocenters. The molecule has 5 rings (SSSR count). The summed E-state index contributed by atoms with van der Waals surface area (Å²) in [5.41, 5.74) is 14.1. The van der Waals surface area contributed by atoms with Crippen LogP contribution in [0.25, 0.3) is 5.69 Å². The van der Waals surface area contributed by atoms with Gasteiger partial charge in [-0.25, -0.2) is 9.59 Å². The van der Waals surface area contributed by atoms with E-state index in [1.165, 1.54) is 28.5 Å². The third kappa shape index (κ3) is 6.68. The number of amides is 3. The number of piperazine rings is 1. The lowest BCUT2D eigenvalue weighted by atomic mass is 9.84. The predicted molar refractivity (Wildman–Crippen MR) is 164 cm³/mol. The van der Waals surface area contributed by atoms with Crippen molar-refractivity contribution < 1.29 is 9.59 Å². The molecule has 0 radical (unpaired) electrons. The smallest absolute Gasteiger partial charge is 0.338 e. The summed E-state index contributed by atoms with van der Waals surface area (Å²) in [5, 5.41) is 2.73. The molecule has 228 valence electrons. The Morgan fingerprint density at radius 3 is 2.33 bits per heavy atom. The molecule has 1 aromatic carbocycles. The molecule has 1 saturated heterocycles. The predicted octanol–water partition coefficient (Wildman–Crippen LogP) is 2.10. The molecule has 1 aromatic heterocycles. The van der Waals surface area contributed by atoms with Crippen LogP contribution < -0.4 is 22.5 Å². The van der Waals surface area contributed by atoms with Gasteiger partial charge < -0.3 is 21.3 Å². The number of nitrogens with one attached hydrogen (secondary N) is 1. The Morgan fingerprint density at radius 2 is 1.69 bits per heavy atom. The lowest BCUT2D eigenvalue weighted by Crippen LogP contribution is -2.58. The summed E-state index contributed by atoms with van der Waals surface area (Å²) in [4.78, 5) is 48.3. The van der Waals surface area contributed by atoms with Crippen molar-refractivity contribution in [3.8, 4) is 5.69 Å². The van der Waals surface area contributed by atoms with Crippen LogP contribution in [0.5, 0.6) is 0 Å². The van der Waals surface area contributed by atoms with Crippen molar-refractivity contribution in [2.75, 3.05) is 38.0 Å². The SMILES string of the molecule is CCN(C1CCc2cc(-n3ccc(NC(=O)N4CCN(C(=O)C(C)(C)N)CC4)nc3=O)ccc2C1)[C@H]1CC[C@H](N)CC1. The van der Waals surface area contributed by atoms with Crippen LogP contribution in [-0.2, 0) is 17.6 Å². The van der Waals surface area contributed by atoms with Gasteiger partial charge in [0, 0.05) is 50.5 Å². The van der Waals surface area contributed by atoms with Crippen LogP contribution in [-0.4, -0.2) is 92.6 Å². The number of likely N-dealkylation sites (N-methyl/N-ethyl adjacent to an activating group) is 1. The number of nitrogens with two attached hydrogens (primary N) is 2. The lowest BCUT2D eigenvalue weighted by Gasteiger charge is -2.42. The molecule has 1 aliphatic heterocycles. The van der Waals surface area contributed by atoms with Crippen molar-refractivity contribution in [2.24, 2.45) is 11.5 Å². The molecule has 11 nitrogen and oxygen atoms in total. The Kier molecular flexibility index (Phi) is 9.00. The Morgan fingerprint density at radius 1 is 1.00 bits per heavy atom. The molecule has 2 fully saturated rings. The van der Waals surface area contributed by atoms with Gasteiger partial charge in [0.25, 0.3) is 0 Å². The Hall–Kier alpha value is -3.28. The molecule has 42 heavy (non-hydrogen) atoms. The van der Waals surface area contributed by atoms with Gasteiger partial charge in [-0.2, -0.15) is 4.98 Å². The van der Waals surface area contributed by atoms with Gasteiger partial charge in [0.1, 0.15) is 5.82 Å². The van der Waals surface area contributed by atoms with E-state index in [9.17, 15) is 14.4 Å². The average molecular weight is 579 g/mol. The molecule has 1 atom stereocenters. The van der Waals surface area contributed by atoms with Crippen LogP contribution in [0.3, 0.4) is 0 Å². The second-order valence-corrected chi connectivity index (χ2v) is 12.6. The Bertz CT molecular complexity index is 1340. The summed E-state index contributed by atoms with van der Waals surface area (Å²) in [6.07, 6.45) is 9.38. The highest BCUT2D eigenvalue weighted by molar-refractivity contribution is 5.89. The Balaban J connectivity index is 1.19. The van der Waals surface area contributed by atoms with Gasteiger partial charge in [-0.1, -0.05) is 13.0 Å². The van der Waals surface area contributed by atoms with Crippen LogP contribution in [0, 0.1) is 0 Å².